The number of nitrogens with one attached hydrogen (secondary N) is 2. The van der Waals surface area contributed by atoms with Crippen LogP contribution in [-0.2, 0) is 6.54 Å². The molecular formula is C16H22N4O. The van der Waals surface area contributed by atoms with E-state index in [1.807, 2.05) is 25.1 Å². The van der Waals surface area contributed by atoms with Crippen LogP contribution in [0.5, 0.6) is 0 Å². The predicted octanol–water partition coefficient (Wildman–Crippen LogP) is 1.41. The van der Waals surface area contributed by atoms with E-state index in [-0.39, 0.29) is 5.56 Å². The summed E-state index contributed by atoms with van der Waals surface area (Å²) in [7, 11) is 0. The summed E-state index contributed by atoms with van der Waals surface area (Å²) >= 11 is 0. The lowest BCUT2D eigenvalue weighted by Gasteiger charge is -2.39. The van der Waals surface area contributed by atoms with Gasteiger partial charge in [0.2, 0.25) is 0 Å². The third-order valence-corrected chi connectivity index (χ3v) is 4.33. The van der Waals surface area contributed by atoms with Gasteiger partial charge in [0.25, 0.3) is 5.56 Å². The van der Waals surface area contributed by atoms with Crippen molar-refractivity contribution in [2.24, 2.45) is 0 Å². The monoisotopic (exact) mass is 286 g/mol. The van der Waals surface area contributed by atoms with Crippen molar-refractivity contribution in [1.82, 2.24) is 20.2 Å². The standard InChI is InChI=1S/C16H22N4O/c1-10-5-4-6-13-15(10)18-14(19-16(13)21)9-20-11(2)7-17-8-12(20)3/h4-6,11-12,17H,7-9H2,1-3H3,(H,18,19,21). The Balaban J connectivity index is 1.97. The molecule has 0 saturated carbocycles. The number of aromatic amines is 1. The molecule has 0 amide bonds. The fourth-order valence-electron chi connectivity index (χ4n) is 3.08. The largest absolute Gasteiger partial charge is 0.314 e. The Morgan fingerprint density at radius 1 is 1.29 bits per heavy atom. The van der Waals surface area contributed by atoms with Crippen LogP contribution in [0.15, 0.2) is 23.0 Å². The number of hydrogen-bond acceptors (Lipinski definition) is 4. The number of fused-ring (bicyclic) bond motifs is 1. The lowest BCUT2D eigenvalue weighted by molar-refractivity contribution is 0.105. The van der Waals surface area contributed by atoms with Gasteiger partial charge < -0.3 is 10.3 Å². The molecule has 21 heavy (non-hydrogen) atoms. The van der Waals surface area contributed by atoms with Crippen molar-refractivity contribution in [3.05, 3.63) is 39.9 Å². The maximum atomic E-state index is 12.2. The third-order valence-electron chi connectivity index (χ3n) is 4.33. The summed E-state index contributed by atoms with van der Waals surface area (Å²) in [5, 5.41) is 4.08. The number of hydrogen-bond donors (Lipinski definition) is 2. The maximum Gasteiger partial charge on any atom is 0.258 e. The zero-order valence-electron chi connectivity index (χ0n) is 12.8. The highest BCUT2D eigenvalue weighted by atomic mass is 16.1. The lowest BCUT2D eigenvalue weighted by atomic mass is 10.1. The van der Waals surface area contributed by atoms with Crippen LogP contribution in [-0.4, -0.2) is 40.0 Å². The van der Waals surface area contributed by atoms with Gasteiger partial charge in [-0.2, -0.15) is 0 Å². The number of rotatable bonds is 2. The molecule has 0 radical (unpaired) electrons. The van der Waals surface area contributed by atoms with Gasteiger partial charge in [-0.1, -0.05) is 12.1 Å². The van der Waals surface area contributed by atoms with Crippen LogP contribution in [0.2, 0.25) is 0 Å². The minimum absolute atomic E-state index is 0.0471. The second-order valence-corrected chi connectivity index (χ2v) is 6.01. The first-order chi connectivity index (χ1) is 10.1. The molecule has 112 valence electrons. The Morgan fingerprint density at radius 2 is 2.00 bits per heavy atom. The number of nitrogens with zero attached hydrogens (tertiary/aromatic N) is 2. The molecule has 2 unspecified atom stereocenters. The molecule has 3 rings (SSSR count). The van der Waals surface area contributed by atoms with Gasteiger partial charge in [-0.3, -0.25) is 9.69 Å². The van der Waals surface area contributed by atoms with Crippen molar-refractivity contribution in [2.75, 3.05) is 13.1 Å². The van der Waals surface area contributed by atoms with Crippen LogP contribution in [0.4, 0.5) is 0 Å². The van der Waals surface area contributed by atoms with E-state index in [4.69, 9.17) is 0 Å². The number of piperazine rings is 1. The van der Waals surface area contributed by atoms with Crippen LogP contribution in [0.25, 0.3) is 10.9 Å². The molecule has 0 bridgehead atoms. The van der Waals surface area contributed by atoms with E-state index >= 15 is 0 Å². The second kappa shape index (κ2) is 5.58. The molecule has 5 nitrogen and oxygen atoms in total. The van der Waals surface area contributed by atoms with Gasteiger partial charge in [0.15, 0.2) is 0 Å². The molecule has 1 aliphatic heterocycles. The van der Waals surface area contributed by atoms with Crippen molar-refractivity contribution < 1.29 is 0 Å². The van der Waals surface area contributed by atoms with E-state index in [2.05, 4.69) is 34.0 Å². The number of H-pyrrole nitrogens is 1. The summed E-state index contributed by atoms with van der Waals surface area (Å²) in [5.41, 5.74) is 1.81. The van der Waals surface area contributed by atoms with E-state index in [9.17, 15) is 4.79 Å². The molecular weight excluding hydrogens is 264 g/mol. The third kappa shape index (κ3) is 2.71. The van der Waals surface area contributed by atoms with Gasteiger partial charge in [-0.15, -0.1) is 0 Å². The van der Waals surface area contributed by atoms with Gasteiger partial charge in [-0.05, 0) is 32.4 Å². The average molecular weight is 286 g/mol. The van der Waals surface area contributed by atoms with Crippen LogP contribution >= 0.6 is 0 Å². The van der Waals surface area contributed by atoms with E-state index in [0.29, 0.717) is 24.0 Å². The highest BCUT2D eigenvalue weighted by molar-refractivity contribution is 5.80. The molecule has 2 N–H and O–H groups in total. The van der Waals surface area contributed by atoms with Gasteiger partial charge in [0.1, 0.15) is 5.82 Å². The van der Waals surface area contributed by atoms with Gasteiger partial charge in [-0.25, -0.2) is 4.98 Å². The minimum atomic E-state index is -0.0471. The lowest BCUT2D eigenvalue weighted by Crippen LogP contribution is -2.54. The molecule has 1 aromatic carbocycles. The molecule has 1 aliphatic rings. The molecule has 2 aromatic rings. The van der Waals surface area contributed by atoms with Crippen molar-refractivity contribution in [1.29, 1.82) is 0 Å². The molecule has 0 spiro atoms. The minimum Gasteiger partial charge on any atom is -0.314 e. The Morgan fingerprint density at radius 3 is 2.71 bits per heavy atom. The summed E-state index contributed by atoms with van der Waals surface area (Å²) in [4.78, 5) is 22.2. The highest BCUT2D eigenvalue weighted by Crippen LogP contribution is 2.15. The Labute approximate surface area is 124 Å². The zero-order valence-corrected chi connectivity index (χ0v) is 12.8. The molecule has 2 heterocycles. The van der Waals surface area contributed by atoms with Crippen molar-refractivity contribution in [2.45, 2.75) is 39.4 Å². The smallest absolute Gasteiger partial charge is 0.258 e. The predicted molar refractivity (Wildman–Crippen MR) is 84.4 cm³/mol. The normalized spacial score (nSPS) is 23.6. The number of aryl methyl sites for hydroxylation is 1. The van der Waals surface area contributed by atoms with Gasteiger partial charge in [0.05, 0.1) is 17.4 Å². The van der Waals surface area contributed by atoms with E-state index < -0.39 is 0 Å². The molecule has 2 atom stereocenters. The van der Waals surface area contributed by atoms with Crippen molar-refractivity contribution in [3.8, 4) is 0 Å². The Kier molecular flexibility index (Phi) is 3.78. The number of aromatic nitrogens is 2. The highest BCUT2D eigenvalue weighted by Gasteiger charge is 2.25. The Hall–Kier alpha value is -1.72. The SMILES string of the molecule is Cc1cccc2c(=O)[nH]c(CN3C(C)CNCC3C)nc12. The number of benzene rings is 1. The summed E-state index contributed by atoms with van der Waals surface area (Å²) in [6, 6.07) is 6.59. The fourth-order valence-corrected chi connectivity index (χ4v) is 3.08. The van der Waals surface area contributed by atoms with Crippen LogP contribution in [0, 0.1) is 6.92 Å². The zero-order chi connectivity index (χ0) is 15.0. The molecule has 5 heteroatoms. The van der Waals surface area contributed by atoms with E-state index in [1.54, 1.807) is 0 Å². The first-order valence-corrected chi connectivity index (χ1v) is 7.51. The van der Waals surface area contributed by atoms with Gasteiger partial charge >= 0.3 is 0 Å². The van der Waals surface area contributed by atoms with Crippen LogP contribution in [0.3, 0.4) is 0 Å². The maximum absolute atomic E-state index is 12.2. The quantitative estimate of drug-likeness (QED) is 0.876. The summed E-state index contributed by atoms with van der Waals surface area (Å²) in [5.74, 6) is 0.752. The van der Waals surface area contributed by atoms with Crippen molar-refractivity contribution >= 4 is 10.9 Å². The van der Waals surface area contributed by atoms with Crippen LogP contribution in [0.1, 0.15) is 25.2 Å². The topological polar surface area (TPSA) is 61.0 Å². The van der Waals surface area contributed by atoms with E-state index in [1.165, 1.54) is 0 Å². The van der Waals surface area contributed by atoms with Gasteiger partial charge in [0, 0.05) is 25.2 Å². The molecule has 1 saturated heterocycles. The molecule has 1 aromatic heterocycles. The summed E-state index contributed by atoms with van der Waals surface area (Å²) in [6.07, 6.45) is 0. The fraction of sp³-hybridized carbons (Fsp3) is 0.500. The molecule has 0 aliphatic carbocycles. The number of para-hydroxylation sites is 1. The Bertz CT molecular complexity index is 699. The average Bonchev–Trinajstić information content (AvgIpc) is 2.44. The summed E-state index contributed by atoms with van der Waals surface area (Å²) < 4.78 is 0. The molecule has 1 fully saturated rings. The summed E-state index contributed by atoms with van der Waals surface area (Å²) in [6.45, 7) is 9.03. The van der Waals surface area contributed by atoms with Crippen molar-refractivity contribution in [3.63, 3.8) is 0 Å². The first kappa shape index (κ1) is 14.2. The first-order valence-electron chi connectivity index (χ1n) is 7.51. The van der Waals surface area contributed by atoms with E-state index in [0.717, 1.165) is 30.0 Å². The van der Waals surface area contributed by atoms with Crippen LogP contribution < -0.4 is 10.9 Å². The second-order valence-electron chi connectivity index (χ2n) is 6.01.